The van der Waals surface area contributed by atoms with Crippen LogP contribution in [0.1, 0.15) is 19.8 Å². The highest BCUT2D eigenvalue weighted by Crippen LogP contribution is 2.32. The Balaban J connectivity index is 1.73. The number of cyclic esters (lactones) is 1. The van der Waals surface area contributed by atoms with Gasteiger partial charge in [-0.25, -0.2) is 13.6 Å². The van der Waals surface area contributed by atoms with E-state index in [-0.39, 0.29) is 17.9 Å². The minimum absolute atomic E-state index is 0.0136. The maximum atomic E-state index is 14.7. The fourth-order valence-electron chi connectivity index (χ4n) is 3.17. The summed E-state index contributed by atoms with van der Waals surface area (Å²) in [6.07, 6.45) is 0.558. The number of halogens is 2. The number of thiocarbonyl (C=S) groups is 1. The summed E-state index contributed by atoms with van der Waals surface area (Å²) in [6.45, 7) is 3.75. The molecule has 5 nitrogen and oxygen atoms in total. The van der Waals surface area contributed by atoms with Crippen LogP contribution >= 0.6 is 24.0 Å². The first-order valence-electron chi connectivity index (χ1n) is 9.06. The van der Waals surface area contributed by atoms with Crippen LogP contribution in [-0.4, -0.2) is 54.9 Å². The van der Waals surface area contributed by atoms with Crippen LogP contribution in [0.5, 0.6) is 0 Å². The molecule has 9 heteroatoms. The van der Waals surface area contributed by atoms with E-state index in [0.29, 0.717) is 31.0 Å². The predicted molar refractivity (Wildman–Crippen MR) is 109 cm³/mol. The van der Waals surface area contributed by atoms with Crippen molar-refractivity contribution in [3.63, 3.8) is 0 Å². The number of ether oxygens (including phenoxy) is 1. The number of amides is 1. The lowest BCUT2D eigenvalue weighted by molar-refractivity contribution is 0.143. The van der Waals surface area contributed by atoms with Gasteiger partial charge in [-0.15, -0.1) is 0 Å². The monoisotopic (exact) mass is 415 g/mol. The molecule has 1 atom stereocenters. The van der Waals surface area contributed by atoms with Crippen LogP contribution < -0.4 is 15.1 Å². The van der Waals surface area contributed by atoms with Crippen molar-refractivity contribution in [2.75, 3.05) is 47.5 Å². The maximum Gasteiger partial charge on any atom is 0.414 e. The largest absolute Gasteiger partial charge is 0.442 e. The second kappa shape index (κ2) is 9.05. The molecule has 0 aliphatic carbocycles. The Labute approximate surface area is 167 Å². The van der Waals surface area contributed by atoms with E-state index >= 15 is 0 Å². The van der Waals surface area contributed by atoms with Crippen molar-refractivity contribution in [2.24, 2.45) is 0 Å². The Kier molecular flexibility index (Phi) is 6.75. The van der Waals surface area contributed by atoms with E-state index in [1.165, 1.54) is 17.0 Å². The number of thioether (sulfide) groups is 1. The summed E-state index contributed by atoms with van der Waals surface area (Å²) in [5.41, 5.74) is 0.156. The first kappa shape index (κ1) is 20.1. The quantitative estimate of drug-likeness (QED) is 0.742. The van der Waals surface area contributed by atoms with E-state index in [0.717, 1.165) is 17.9 Å². The molecule has 1 aromatic rings. The Morgan fingerprint density at radius 3 is 2.78 bits per heavy atom. The average molecular weight is 416 g/mol. The molecule has 0 bridgehead atoms. The zero-order valence-electron chi connectivity index (χ0n) is 15.2. The molecule has 2 fully saturated rings. The van der Waals surface area contributed by atoms with E-state index < -0.39 is 23.8 Å². The van der Waals surface area contributed by atoms with Crippen molar-refractivity contribution in [2.45, 2.75) is 25.9 Å². The van der Waals surface area contributed by atoms with Crippen LogP contribution in [0.25, 0.3) is 0 Å². The normalized spacial score (nSPS) is 20.4. The summed E-state index contributed by atoms with van der Waals surface area (Å²) in [6, 6.07) is 2.42. The van der Waals surface area contributed by atoms with Gasteiger partial charge in [0, 0.05) is 31.0 Å². The van der Waals surface area contributed by atoms with Gasteiger partial charge in [-0.3, -0.25) is 4.90 Å². The van der Waals surface area contributed by atoms with Crippen LogP contribution in [0.2, 0.25) is 0 Å². The Hall–Kier alpha value is -1.61. The summed E-state index contributed by atoms with van der Waals surface area (Å²) in [5.74, 6) is 0.527. The SMILES string of the molecule is CCC(=S)NC[C@H]1CN(c2cc(F)c(N3CCCSCC3)c(F)c2)C(=O)O1. The molecule has 2 aliphatic heterocycles. The standard InChI is InChI=1S/C18H23F2N3O2S2/c1-2-16(26)21-10-13-11-23(18(24)25-13)12-8-14(19)17(15(20)9-12)22-4-3-6-27-7-5-22/h8-9,13H,2-7,10-11H2,1H3,(H,21,26)/t13-/m0/s1. The topological polar surface area (TPSA) is 44.8 Å². The fourth-order valence-corrected chi connectivity index (χ4v) is 4.14. The zero-order chi connectivity index (χ0) is 19.4. The second-order valence-corrected chi connectivity index (χ2v) is 8.20. The Morgan fingerprint density at radius 2 is 2.07 bits per heavy atom. The molecule has 1 amide bonds. The number of hydrogen-bond acceptors (Lipinski definition) is 5. The van der Waals surface area contributed by atoms with Crippen LogP contribution in [-0.2, 0) is 4.74 Å². The first-order valence-corrected chi connectivity index (χ1v) is 10.6. The second-order valence-electron chi connectivity index (χ2n) is 6.48. The van der Waals surface area contributed by atoms with Crippen molar-refractivity contribution in [3.05, 3.63) is 23.8 Å². The van der Waals surface area contributed by atoms with E-state index in [4.69, 9.17) is 17.0 Å². The molecule has 0 unspecified atom stereocenters. The highest BCUT2D eigenvalue weighted by atomic mass is 32.2. The first-order chi connectivity index (χ1) is 13.0. The van der Waals surface area contributed by atoms with E-state index in [2.05, 4.69) is 5.32 Å². The van der Waals surface area contributed by atoms with Gasteiger partial charge >= 0.3 is 6.09 Å². The highest BCUT2D eigenvalue weighted by Gasteiger charge is 2.33. The summed E-state index contributed by atoms with van der Waals surface area (Å²) in [5, 5.41) is 3.02. The molecule has 1 aromatic carbocycles. The molecule has 27 heavy (non-hydrogen) atoms. The number of benzene rings is 1. The van der Waals surface area contributed by atoms with Crippen molar-refractivity contribution >= 4 is 46.4 Å². The number of hydrogen-bond donors (Lipinski definition) is 1. The van der Waals surface area contributed by atoms with Crippen molar-refractivity contribution in [3.8, 4) is 0 Å². The van der Waals surface area contributed by atoms with Gasteiger partial charge in [-0.05, 0) is 18.6 Å². The molecule has 0 radical (unpaired) electrons. The Bertz CT molecular complexity index is 689. The summed E-state index contributed by atoms with van der Waals surface area (Å²) in [4.78, 5) is 15.8. The van der Waals surface area contributed by atoms with E-state index in [1.807, 2.05) is 6.92 Å². The third kappa shape index (κ3) is 4.82. The molecule has 0 saturated carbocycles. The third-order valence-electron chi connectivity index (χ3n) is 4.57. The minimum atomic E-state index is -0.654. The fraction of sp³-hybridized carbons (Fsp3) is 0.556. The number of nitrogens with one attached hydrogen (secondary N) is 1. The number of carbonyl (C=O) groups excluding carboxylic acids is 1. The zero-order valence-corrected chi connectivity index (χ0v) is 16.8. The summed E-state index contributed by atoms with van der Waals surface area (Å²) < 4.78 is 34.7. The molecule has 0 spiro atoms. The maximum absolute atomic E-state index is 14.7. The summed E-state index contributed by atoms with van der Waals surface area (Å²) in [7, 11) is 0. The molecule has 2 heterocycles. The van der Waals surface area contributed by atoms with Gasteiger partial charge in [0.25, 0.3) is 0 Å². The molecule has 2 saturated heterocycles. The molecule has 148 valence electrons. The molecule has 1 N–H and O–H groups in total. The number of nitrogens with zero attached hydrogens (tertiary/aromatic N) is 2. The van der Waals surface area contributed by atoms with Crippen molar-refractivity contribution in [1.29, 1.82) is 0 Å². The number of carbonyl (C=O) groups is 1. The van der Waals surface area contributed by atoms with Crippen LogP contribution in [0.3, 0.4) is 0 Å². The van der Waals surface area contributed by atoms with E-state index in [1.54, 1.807) is 16.7 Å². The highest BCUT2D eigenvalue weighted by molar-refractivity contribution is 7.99. The van der Waals surface area contributed by atoms with Gasteiger partial charge in [0.05, 0.1) is 23.8 Å². The van der Waals surface area contributed by atoms with Crippen LogP contribution in [0, 0.1) is 11.6 Å². The van der Waals surface area contributed by atoms with Gasteiger partial charge in [-0.2, -0.15) is 11.8 Å². The predicted octanol–water partition coefficient (Wildman–Crippen LogP) is 3.56. The minimum Gasteiger partial charge on any atom is -0.442 e. The smallest absolute Gasteiger partial charge is 0.414 e. The third-order valence-corrected chi connectivity index (χ3v) is 6.06. The van der Waals surface area contributed by atoms with Crippen molar-refractivity contribution in [1.82, 2.24) is 5.32 Å². The van der Waals surface area contributed by atoms with Crippen LogP contribution in [0.15, 0.2) is 12.1 Å². The van der Waals surface area contributed by atoms with Gasteiger partial charge < -0.3 is 15.0 Å². The summed E-state index contributed by atoms with van der Waals surface area (Å²) >= 11 is 6.88. The lowest BCUT2D eigenvalue weighted by Gasteiger charge is -2.24. The van der Waals surface area contributed by atoms with Crippen molar-refractivity contribution < 1.29 is 18.3 Å². The molecule has 3 rings (SSSR count). The van der Waals surface area contributed by atoms with Gasteiger partial charge in [0.2, 0.25) is 0 Å². The number of anilines is 2. The van der Waals surface area contributed by atoms with E-state index in [9.17, 15) is 13.6 Å². The van der Waals surface area contributed by atoms with Gasteiger partial charge in [0.15, 0.2) is 11.6 Å². The number of rotatable bonds is 5. The lowest BCUT2D eigenvalue weighted by atomic mass is 10.2. The van der Waals surface area contributed by atoms with Crippen LogP contribution in [0.4, 0.5) is 25.0 Å². The lowest BCUT2D eigenvalue weighted by Crippen LogP contribution is -2.33. The Morgan fingerprint density at radius 1 is 1.33 bits per heavy atom. The van der Waals surface area contributed by atoms with Gasteiger partial charge in [-0.1, -0.05) is 19.1 Å². The molecule has 0 aromatic heterocycles. The average Bonchev–Trinajstić information content (AvgIpc) is 2.82. The van der Waals surface area contributed by atoms with Gasteiger partial charge in [0.1, 0.15) is 11.8 Å². The molecular formula is C18H23F2N3O2S2. The molecular weight excluding hydrogens is 392 g/mol. The molecule has 2 aliphatic rings.